The van der Waals surface area contributed by atoms with Gasteiger partial charge in [-0.3, -0.25) is 4.98 Å². The minimum Gasteiger partial charge on any atom is -0.309 e. The Kier molecular flexibility index (Phi) is 6.79. The van der Waals surface area contributed by atoms with E-state index < -0.39 is 12.6 Å². The van der Waals surface area contributed by atoms with Gasteiger partial charge in [0.2, 0.25) is 0 Å². The zero-order chi connectivity index (χ0) is 14.3. The lowest BCUT2D eigenvalue weighted by Gasteiger charge is -2.19. The molecule has 0 fully saturated rings. The summed E-state index contributed by atoms with van der Waals surface area (Å²) < 4.78 is 37.4. The topological polar surface area (TPSA) is 24.9 Å². The molecule has 0 aromatic carbocycles. The maximum absolute atomic E-state index is 12.2. The molecule has 0 amide bonds. The molecule has 0 aliphatic rings. The molecule has 0 aliphatic heterocycles. The first kappa shape index (κ1) is 16.4. The third kappa shape index (κ3) is 6.38. The Morgan fingerprint density at radius 1 is 1.42 bits per heavy atom. The molecule has 0 saturated carbocycles. The number of hydrogen-bond donors (Lipinski definition) is 1. The number of nitrogens with zero attached hydrogens (tertiary/aromatic N) is 1. The summed E-state index contributed by atoms with van der Waals surface area (Å²) in [6.45, 7) is 2.78. The van der Waals surface area contributed by atoms with Crippen molar-refractivity contribution < 1.29 is 13.2 Å². The summed E-state index contributed by atoms with van der Waals surface area (Å²) >= 11 is 3.40. The van der Waals surface area contributed by atoms with Gasteiger partial charge >= 0.3 is 6.18 Å². The SMILES string of the molecule is CCCNC(CCCC(F)(F)F)c1ncccc1Br. The average Bonchev–Trinajstić information content (AvgIpc) is 2.33. The standard InChI is InChI=1S/C13H18BrF3N2/c1-2-8-18-11(6-3-7-13(15,16)17)12-10(14)5-4-9-19-12/h4-5,9,11,18H,2-3,6-8H2,1H3. The number of alkyl halides is 3. The Morgan fingerprint density at radius 3 is 2.74 bits per heavy atom. The van der Waals surface area contributed by atoms with Gasteiger partial charge in [-0.25, -0.2) is 0 Å². The van der Waals surface area contributed by atoms with E-state index >= 15 is 0 Å². The van der Waals surface area contributed by atoms with E-state index in [2.05, 4.69) is 26.2 Å². The van der Waals surface area contributed by atoms with Gasteiger partial charge in [0.15, 0.2) is 0 Å². The number of nitrogens with one attached hydrogen (secondary N) is 1. The lowest BCUT2D eigenvalue weighted by Crippen LogP contribution is -2.24. The van der Waals surface area contributed by atoms with E-state index in [9.17, 15) is 13.2 Å². The predicted octanol–water partition coefficient (Wildman–Crippen LogP) is 4.62. The van der Waals surface area contributed by atoms with Crippen LogP contribution in [-0.4, -0.2) is 17.7 Å². The Balaban J connectivity index is 2.64. The fourth-order valence-corrected chi connectivity index (χ4v) is 2.35. The molecular formula is C13H18BrF3N2. The lowest BCUT2D eigenvalue weighted by atomic mass is 10.1. The van der Waals surface area contributed by atoms with Crippen molar-refractivity contribution in [1.29, 1.82) is 0 Å². The minimum absolute atomic E-state index is 0.105. The highest BCUT2D eigenvalue weighted by molar-refractivity contribution is 9.10. The van der Waals surface area contributed by atoms with Crippen molar-refractivity contribution in [3.63, 3.8) is 0 Å². The predicted molar refractivity (Wildman–Crippen MR) is 72.9 cm³/mol. The summed E-state index contributed by atoms with van der Waals surface area (Å²) in [7, 11) is 0. The van der Waals surface area contributed by atoms with Crippen LogP contribution in [0.15, 0.2) is 22.8 Å². The van der Waals surface area contributed by atoms with Gasteiger partial charge in [-0.15, -0.1) is 0 Å². The highest BCUT2D eigenvalue weighted by atomic mass is 79.9. The Morgan fingerprint density at radius 2 is 2.16 bits per heavy atom. The molecule has 1 aromatic heterocycles. The molecule has 1 unspecified atom stereocenters. The van der Waals surface area contributed by atoms with Crippen LogP contribution >= 0.6 is 15.9 Å². The average molecular weight is 339 g/mol. The van der Waals surface area contributed by atoms with E-state index in [1.165, 1.54) is 0 Å². The van der Waals surface area contributed by atoms with Crippen LogP contribution in [0.4, 0.5) is 13.2 Å². The molecule has 0 radical (unpaired) electrons. The fraction of sp³-hybridized carbons (Fsp3) is 0.615. The van der Waals surface area contributed by atoms with Gasteiger partial charge in [0.05, 0.1) is 11.7 Å². The first-order valence-electron chi connectivity index (χ1n) is 6.34. The van der Waals surface area contributed by atoms with Crippen LogP contribution in [0.25, 0.3) is 0 Å². The second-order valence-electron chi connectivity index (χ2n) is 4.38. The zero-order valence-corrected chi connectivity index (χ0v) is 12.4. The second kappa shape index (κ2) is 7.85. The van der Waals surface area contributed by atoms with Crippen molar-refractivity contribution in [3.05, 3.63) is 28.5 Å². The molecule has 1 rings (SSSR count). The molecule has 1 aromatic rings. The van der Waals surface area contributed by atoms with E-state index in [0.717, 1.165) is 23.1 Å². The van der Waals surface area contributed by atoms with E-state index in [1.54, 1.807) is 12.3 Å². The van der Waals surface area contributed by atoms with Crippen molar-refractivity contribution in [2.45, 2.75) is 44.8 Å². The second-order valence-corrected chi connectivity index (χ2v) is 5.24. The monoisotopic (exact) mass is 338 g/mol. The number of pyridine rings is 1. The van der Waals surface area contributed by atoms with Gasteiger partial charge in [-0.2, -0.15) is 13.2 Å². The summed E-state index contributed by atoms with van der Waals surface area (Å²) in [6, 6.07) is 3.50. The molecule has 19 heavy (non-hydrogen) atoms. The third-order valence-corrected chi connectivity index (χ3v) is 3.38. The summed E-state index contributed by atoms with van der Waals surface area (Å²) in [5.41, 5.74) is 0.776. The van der Waals surface area contributed by atoms with Crippen molar-refractivity contribution >= 4 is 15.9 Å². The van der Waals surface area contributed by atoms with Crippen molar-refractivity contribution in [3.8, 4) is 0 Å². The summed E-state index contributed by atoms with van der Waals surface area (Å²) in [5, 5.41) is 3.25. The third-order valence-electron chi connectivity index (χ3n) is 2.71. The summed E-state index contributed by atoms with van der Waals surface area (Å²) in [4.78, 5) is 4.26. The molecule has 108 valence electrons. The summed E-state index contributed by atoms with van der Waals surface area (Å²) in [5.74, 6) is 0. The molecule has 1 atom stereocenters. The van der Waals surface area contributed by atoms with Crippen LogP contribution in [0.1, 0.15) is 44.3 Å². The Hall–Kier alpha value is -0.620. The molecule has 1 heterocycles. The van der Waals surface area contributed by atoms with Crippen LogP contribution in [0.3, 0.4) is 0 Å². The molecule has 1 N–H and O–H groups in total. The van der Waals surface area contributed by atoms with E-state index in [-0.39, 0.29) is 12.5 Å². The summed E-state index contributed by atoms with van der Waals surface area (Å²) in [6.07, 6.45) is -1.72. The van der Waals surface area contributed by atoms with Crippen LogP contribution in [0, 0.1) is 0 Å². The highest BCUT2D eigenvalue weighted by Crippen LogP contribution is 2.28. The van der Waals surface area contributed by atoms with Gasteiger partial charge in [0.25, 0.3) is 0 Å². The van der Waals surface area contributed by atoms with Crippen molar-refractivity contribution in [2.24, 2.45) is 0 Å². The van der Waals surface area contributed by atoms with Gasteiger partial charge < -0.3 is 5.32 Å². The quantitative estimate of drug-likeness (QED) is 0.784. The largest absolute Gasteiger partial charge is 0.389 e. The number of rotatable bonds is 7. The molecule has 0 saturated heterocycles. The maximum atomic E-state index is 12.2. The maximum Gasteiger partial charge on any atom is 0.389 e. The molecule has 2 nitrogen and oxygen atoms in total. The molecule has 0 aliphatic carbocycles. The van der Waals surface area contributed by atoms with Gasteiger partial charge in [-0.1, -0.05) is 6.92 Å². The molecular weight excluding hydrogens is 321 g/mol. The van der Waals surface area contributed by atoms with Gasteiger partial charge in [0, 0.05) is 17.1 Å². The van der Waals surface area contributed by atoms with Crippen molar-refractivity contribution in [1.82, 2.24) is 10.3 Å². The Bertz CT molecular complexity index is 382. The van der Waals surface area contributed by atoms with Crippen LogP contribution in [0.2, 0.25) is 0 Å². The van der Waals surface area contributed by atoms with Crippen LogP contribution in [-0.2, 0) is 0 Å². The van der Waals surface area contributed by atoms with E-state index in [4.69, 9.17) is 0 Å². The van der Waals surface area contributed by atoms with Crippen LogP contribution in [0.5, 0.6) is 0 Å². The first-order chi connectivity index (χ1) is 8.94. The Labute approximate surface area is 119 Å². The number of aromatic nitrogens is 1. The van der Waals surface area contributed by atoms with E-state index in [0.29, 0.717) is 6.42 Å². The normalized spacial score (nSPS) is 13.5. The number of hydrogen-bond acceptors (Lipinski definition) is 2. The van der Waals surface area contributed by atoms with Crippen molar-refractivity contribution in [2.75, 3.05) is 6.54 Å². The molecule has 0 bridgehead atoms. The fourth-order valence-electron chi connectivity index (χ4n) is 1.81. The smallest absolute Gasteiger partial charge is 0.309 e. The lowest BCUT2D eigenvalue weighted by molar-refractivity contribution is -0.135. The molecule has 6 heteroatoms. The van der Waals surface area contributed by atoms with Gasteiger partial charge in [-0.05, 0) is 53.9 Å². The highest BCUT2D eigenvalue weighted by Gasteiger charge is 2.27. The van der Waals surface area contributed by atoms with Crippen LogP contribution < -0.4 is 5.32 Å². The zero-order valence-electron chi connectivity index (χ0n) is 10.8. The first-order valence-corrected chi connectivity index (χ1v) is 7.14. The van der Waals surface area contributed by atoms with E-state index in [1.807, 2.05) is 13.0 Å². The molecule has 0 spiro atoms. The minimum atomic E-state index is -4.09. The number of halogens is 4. The van der Waals surface area contributed by atoms with Gasteiger partial charge in [0.1, 0.15) is 0 Å².